The molecular formula is C26H27NO3. The lowest BCUT2D eigenvalue weighted by Crippen LogP contribution is -2.53. The zero-order valence-electron chi connectivity index (χ0n) is 17.3. The number of fused-ring (bicyclic) bond motifs is 5. The maximum absolute atomic E-state index is 13.1. The molecular weight excluding hydrogens is 374 g/mol. The molecule has 3 aliphatic rings. The van der Waals surface area contributed by atoms with E-state index in [-0.39, 0.29) is 24.1 Å². The van der Waals surface area contributed by atoms with Crippen LogP contribution in [0.15, 0.2) is 48.5 Å². The van der Waals surface area contributed by atoms with Gasteiger partial charge in [-0.25, -0.2) is 4.79 Å². The first-order valence-electron chi connectivity index (χ1n) is 10.8. The van der Waals surface area contributed by atoms with Crippen molar-refractivity contribution in [2.75, 3.05) is 6.61 Å². The Kier molecular flexibility index (Phi) is 4.79. The van der Waals surface area contributed by atoms with E-state index in [1.54, 1.807) is 6.92 Å². The number of carbonyl (C=O) groups excluding carboxylic acids is 1. The summed E-state index contributed by atoms with van der Waals surface area (Å²) in [6.07, 6.45) is 3.26. The van der Waals surface area contributed by atoms with Crippen LogP contribution in [0.2, 0.25) is 0 Å². The fraction of sp³-hybridized carbons (Fsp3) is 0.423. The van der Waals surface area contributed by atoms with E-state index in [0.29, 0.717) is 25.9 Å². The zero-order chi connectivity index (χ0) is 20.7. The molecule has 2 heterocycles. The average Bonchev–Trinajstić information content (AvgIpc) is 3.23. The van der Waals surface area contributed by atoms with Crippen molar-refractivity contribution in [3.05, 3.63) is 59.7 Å². The van der Waals surface area contributed by atoms with Gasteiger partial charge in [-0.05, 0) is 54.9 Å². The molecule has 2 unspecified atom stereocenters. The molecule has 30 heavy (non-hydrogen) atoms. The summed E-state index contributed by atoms with van der Waals surface area (Å²) in [6, 6.07) is 16.8. The average molecular weight is 402 g/mol. The summed E-state index contributed by atoms with van der Waals surface area (Å²) in [5.74, 6) is 5.96. The van der Waals surface area contributed by atoms with Crippen LogP contribution in [0.25, 0.3) is 11.1 Å². The first kappa shape index (κ1) is 19.2. The van der Waals surface area contributed by atoms with Gasteiger partial charge < -0.3 is 14.7 Å². The van der Waals surface area contributed by atoms with Crippen LogP contribution in [-0.4, -0.2) is 40.4 Å². The lowest BCUT2D eigenvalue weighted by atomic mass is 9.84. The van der Waals surface area contributed by atoms with E-state index in [4.69, 9.17) is 4.74 Å². The van der Waals surface area contributed by atoms with E-state index in [1.165, 1.54) is 22.3 Å². The number of benzene rings is 2. The monoisotopic (exact) mass is 401 g/mol. The Morgan fingerprint density at radius 3 is 2.20 bits per heavy atom. The molecule has 1 aliphatic carbocycles. The molecule has 0 saturated carbocycles. The number of nitrogens with zero attached hydrogens (tertiary/aromatic N) is 1. The first-order valence-corrected chi connectivity index (χ1v) is 10.8. The van der Waals surface area contributed by atoms with Crippen LogP contribution < -0.4 is 0 Å². The van der Waals surface area contributed by atoms with Gasteiger partial charge in [-0.1, -0.05) is 48.5 Å². The molecule has 2 fully saturated rings. The highest BCUT2D eigenvalue weighted by Gasteiger charge is 2.49. The lowest BCUT2D eigenvalue weighted by molar-refractivity contribution is -0.0449. The van der Waals surface area contributed by atoms with Gasteiger partial charge in [0.05, 0.1) is 5.60 Å². The molecule has 154 valence electrons. The van der Waals surface area contributed by atoms with Crippen molar-refractivity contribution in [3.63, 3.8) is 0 Å². The molecule has 0 spiro atoms. The zero-order valence-corrected chi connectivity index (χ0v) is 17.3. The molecule has 2 aromatic carbocycles. The van der Waals surface area contributed by atoms with Crippen LogP contribution in [0.3, 0.4) is 0 Å². The van der Waals surface area contributed by atoms with E-state index in [2.05, 4.69) is 48.2 Å². The third-order valence-corrected chi connectivity index (χ3v) is 6.99. The minimum Gasteiger partial charge on any atom is -0.448 e. The van der Waals surface area contributed by atoms with Crippen molar-refractivity contribution in [1.29, 1.82) is 0 Å². The minimum atomic E-state index is -0.783. The predicted molar refractivity (Wildman–Crippen MR) is 116 cm³/mol. The highest BCUT2D eigenvalue weighted by Crippen LogP contribution is 2.45. The normalized spacial score (nSPS) is 26.5. The van der Waals surface area contributed by atoms with Gasteiger partial charge >= 0.3 is 6.09 Å². The number of aliphatic hydroxyl groups is 1. The van der Waals surface area contributed by atoms with Crippen LogP contribution in [0.1, 0.15) is 56.1 Å². The lowest BCUT2D eigenvalue weighted by Gasteiger charge is -2.42. The Labute approximate surface area is 177 Å². The summed E-state index contributed by atoms with van der Waals surface area (Å²) in [4.78, 5) is 14.9. The summed E-state index contributed by atoms with van der Waals surface area (Å²) < 4.78 is 5.89. The van der Waals surface area contributed by atoms with Crippen molar-refractivity contribution in [2.24, 2.45) is 0 Å². The third-order valence-electron chi connectivity index (χ3n) is 6.99. The van der Waals surface area contributed by atoms with E-state index in [0.717, 1.165) is 12.8 Å². The highest BCUT2D eigenvalue weighted by molar-refractivity contribution is 5.79. The number of ether oxygens (including phenoxy) is 1. The minimum absolute atomic E-state index is 0.0445. The summed E-state index contributed by atoms with van der Waals surface area (Å²) in [7, 11) is 0. The van der Waals surface area contributed by atoms with Gasteiger partial charge in [-0.3, -0.25) is 0 Å². The maximum atomic E-state index is 13.1. The van der Waals surface area contributed by atoms with Crippen molar-refractivity contribution in [3.8, 4) is 23.0 Å². The molecule has 2 aliphatic heterocycles. The number of carbonyl (C=O) groups is 1. The SMILES string of the molecule is CC#CCC1(O)CC2CCC(C1)N2C(=O)OCC1c2ccccc2-c2ccccc21. The molecule has 1 amide bonds. The van der Waals surface area contributed by atoms with E-state index in [1.807, 2.05) is 17.0 Å². The fourth-order valence-electron chi connectivity index (χ4n) is 5.69. The number of amides is 1. The van der Waals surface area contributed by atoms with Crippen molar-refractivity contribution in [1.82, 2.24) is 4.90 Å². The summed E-state index contributed by atoms with van der Waals surface area (Å²) in [5.41, 5.74) is 4.12. The summed E-state index contributed by atoms with van der Waals surface area (Å²) in [6.45, 7) is 2.14. The van der Waals surface area contributed by atoms with Crippen LogP contribution in [0, 0.1) is 11.8 Å². The molecule has 2 bridgehead atoms. The Morgan fingerprint density at radius 1 is 1.07 bits per heavy atom. The topological polar surface area (TPSA) is 49.8 Å². The third kappa shape index (κ3) is 3.18. The van der Waals surface area contributed by atoms with Crippen LogP contribution >= 0.6 is 0 Å². The molecule has 0 aromatic heterocycles. The van der Waals surface area contributed by atoms with Gasteiger partial charge in [-0.15, -0.1) is 11.8 Å². The van der Waals surface area contributed by atoms with Gasteiger partial charge in [0, 0.05) is 24.4 Å². The molecule has 2 atom stereocenters. The summed E-state index contributed by atoms with van der Waals surface area (Å²) in [5, 5.41) is 10.9. The van der Waals surface area contributed by atoms with Crippen LogP contribution in [0.5, 0.6) is 0 Å². The standard InChI is InChI=1S/C26H27NO3/c1-2-3-14-26(29)15-18-12-13-19(16-26)27(18)25(28)30-17-24-22-10-6-4-8-20(22)21-9-5-7-11-23(21)24/h4-11,18-19,24,29H,12-17H2,1H3. The summed E-state index contributed by atoms with van der Waals surface area (Å²) >= 11 is 0. The van der Waals surface area contributed by atoms with Crippen molar-refractivity contribution < 1.29 is 14.6 Å². The molecule has 5 rings (SSSR count). The van der Waals surface area contributed by atoms with Gasteiger partial charge in [0.25, 0.3) is 0 Å². The quantitative estimate of drug-likeness (QED) is 0.758. The van der Waals surface area contributed by atoms with E-state index >= 15 is 0 Å². The Morgan fingerprint density at radius 2 is 1.63 bits per heavy atom. The predicted octanol–water partition coefficient (Wildman–Crippen LogP) is 4.71. The fourth-order valence-corrected chi connectivity index (χ4v) is 5.69. The molecule has 4 heteroatoms. The highest BCUT2D eigenvalue weighted by atomic mass is 16.6. The molecule has 1 N–H and O–H groups in total. The van der Waals surface area contributed by atoms with Crippen LogP contribution in [-0.2, 0) is 4.74 Å². The molecule has 2 saturated heterocycles. The van der Waals surface area contributed by atoms with Gasteiger partial charge in [0.15, 0.2) is 0 Å². The second-order valence-electron chi connectivity index (χ2n) is 8.83. The smallest absolute Gasteiger partial charge is 0.410 e. The second-order valence-corrected chi connectivity index (χ2v) is 8.83. The number of hydrogen-bond acceptors (Lipinski definition) is 3. The van der Waals surface area contributed by atoms with Gasteiger partial charge in [-0.2, -0.15) is 0 Å². The van der Waals surface area contributed by atoms with Gasteiger partial charge in [0.2, 0.25) is 0 Å². The second kappa shape index (κ2) is 7.49. The molecule has 4 nitrogen and oxygen atoms in total. The van der Waals surface area contributed by atoms with Crippen molar-refractivity contribution >= 4 is 6.09 Å². The number of hydrogen-bond donors (Lipinski definition) is 1. The molecule has 0 radical (unpaired) electrons. The van der Waals surface area contributed by atoms with E-state index in [9.17, 15) is 9.90 Å². The van der Waals surface area contributed by atoms with Crippen LogP contribution in [0.4, 0.5) is 4.79 Å². The number of piperidine rings is 1. The Balaban J connectivity index is 1.30. The molecule has 2 aromatic rings. The van der Waals surface area contributed by atoms with Gasteiger partial charge in [0.1, 0.15) is 6.61 Å². The maximum Gasteiger partial charge on any atom is 0.410 e. The first-order chi connectivity index (χ1) is 14.6. The van der Waals surface area contributed by atoms with E-state index < -0.39 is 5.60 Å². The van der Waals surface area contributed by atoms with Crippen molar-refractivity contribution in [2.45, 2.75) is 62.6 Å². The Bertz CT molecular complexity index is 974. The number of rotatable bonds is 3. The Hall–Kier alpha value is -2.77. The largest absolute Gasteiger partial charge is 0.448 e.